The van der Waals surface area contributed by atoms with E-state index in [9.17, 15) is 19.2 Å². The summed E-state index contributed by atoms with van der Waals surface area (Å²) in [6, 6.07) is -0.491. The van der Waals surface area contributed by atoms with Crippen LogP contribution in [0.4, 0.5) is 4.79 Å². The van der Waals surface area contributed by atoms with E-state index >= 15 is 0 Å². The summed E-state index contributed by atoms with van der Waals surface area (Å²) in [5.41, 5.74) is -0.681. The van der Waals surface area contributed by atoms with Crippen LogP contribution in [0, 0.1) is 11.3 Å². The van der Waals surface area contributed by atoms with Crippen LogP contribution in [0.5, 0.6) is 0 Å². The molecule has 8 nitrogen and oxygen atoms in total. The SMILES string of the molecule is CC(C)(C)C1CCC2(CC1)NC(=O)N(CC(=O)NCCC(=O)N1CCCCCC1)C2=O. The highest BCUT2D eigenvalue weighted by molar-refractivity contribution is 6.09. The van der Waals surface area contributed by atoms with Crippen LogP contribution in [-0.2, 0) is 14.4 Å². The van der Waals surface area contributed by atoms with Crippen molar-refractivity contribution < 1.29 is 19.2 Å². The Morgan fingerprint density at radius 3 is 2.26 bits per heavy atom. The number of likely N-dealkylation sites (tertiary alicyclic amines) is 1. The zero-order valence-corrected chi connectivity index (χ0v) is 19.3. The Balaban J connectivity index is 1.45. The number of nitrogens with zero attached hydrogens (tertiary/aromatic N) is 2. The molecule has 1 aliphatic carbocycles. The second-order valence-electron chi connectivity index (χ2n) is 10.4. The summed E-state index contributed by atoms with van der Waals surface area (Å²) in [5, 5.41) is 5.56. The van der Waals surface area contributed by atoms with Crippen molar-refractivity contribution in [2.24, 2.45) is 11.3 Å². The lowest BCUT2D eigenvalue weighted by Crippen LogP contribution is -2.51. The average Bonchev–Trinajstić information content (AvgIpc) is 2.91. The van der Waals surface area contributed by atoms with E-state index in [0.717, 1.165) is 56.5 Å². The van der Waals surface area contributed by atoms with Crippen molar-refractivity contribution in [2.75, 3.05) is 26.2 Å². The number of hydrogen-bond acceptors (Lipinski definition) is 4. The van der Waals surface area contributed by atoms with Crippen molar-refractivity contribution in [3.8, 4) is 0 Å². The number of urea groups is 1. The van der Waals surface area contributed by atoms with E-state index in [1.54, 1.807) is 0 Å². The molecule has 2 heterocycles. The van der Waals surface area contributed by atoms with Gasteiger partial charge >= 0.3 is 6.03 Å². The highest BCUT2D eigenvalue weighted by atomic mass is 16.2. The fraction of sp³-hybridized carbons (Fsp3) is 0.826. The number of nitrogens with one attached hydrogen (secondary N) is 2. The van der Waals surface area contributed by atoms with E-state index in [2.05, 4.69) is 31.4 Å². The summed E-state index contributed by atoms with van der Waals surface area (Å²) in [5.74, 6) is -0.137. The molecule has 0 bridgehead atoms. The Labute approximate surface area is 185 Å². The second kappa shape index (κ2) is 9.57. The van der Waals surface area contributed by atoms with Crippen molar-refractivity contribution in [1.82, 2.24) is 20.4 Å². The van der Waals surface area contributed by atoms with Gasteiger partial charge in [0.25, 0.3) is 5.91 Å². The number of hydrogen-bond donors (Lipinski definition) is 2. The highest BCUT2D eigenvalue weighted by Crippen LogP contribution is 2.43. The standard InChI is InChI=1S/C23H38N4O4/c1-22(2,3)17-8-11-23(12-9-17)20(30)27(21(31)25-23)16-18(28)24-13-10-19(29)26-14-6-4-5-7-15-26/h17H,4-16H2,1-3H3,(H,24,28)(H,25,31). The van der Waals surface area contributed by atoms with Crippen molar-refractivity contribution >= 4 is 23.8 Å². The minimum atomic E-state index is -0.859. The third kappa shape index (κ3) is 5.57. The molecule has 3 aliphatic rings. The molecule has 0 aromatic carbocycles. The Kier molecular flexibility index (Phi) is 7.27. The quantitative estimate of drug-likeness (QED) is 0.649. The first-order valence-corrected chi connectivity index (χ1v) is 11.8. The van der Waals surface area contributed by atoms with Crippen LogP contribution in [0.3, 0.4) is 0 Å². The molecule has 2 N–H and O–H groups in total. The molecular weight excluding hydrogens is 396 g/mol. The van der Waals surface area contributed by atoms with Gasteiger partial charge in [-0.25, -0.2) is 4.79 Å². The van der Waals surface area contributed by atoms with E-state index in [1.807, 2.05) is 4.90 Å². The first kappa shape index (κ1) is 23.5. The molecule has 1 saturated carbocycles. The predicted octanol–water partition coefficient (Wildman–Crippen LogP) is 2.42. The summed E-state index contributed by atoms with van der Waals surface area (Å²) in [4.78, 5) is 53.0. The third-order valence-electron chi connectivity index (χ3n) is 7.23. The molecule has 3 rings (SSSR count). The van der Waals surface area contributed by atoms with Gasteiger partial charge in [0.05, 0.1) is 0 Å². The largest absolute Gasteiger partial charge is 0.354 e. The first-order chi connectivity index (χ1) is 14.6. The summed E-state index contributed by atoms with van der Waals surface area (Å²) >= 11 is 0. The Morgan fingerprint density at radius 2 is 1.68 bits per heavy atom. The molecule has 2 saturated heterocycles. The van der Waals surface area contributed by atoms with Gasteiger partial charge in [-0.15, -0.1) is 0 Å². The molecule has 0 atom stereocenters. The maximum absolute atomic E-state index is 13.0. The van der Waals surface area contributed by atoms with Crippen LogP contribution in [0.15, 0.2) is 0 Å². The van der Waals surface area contributed by atoms with Crippen molar-refractivity contribution in [2.45, 2.75) is 84.1 Å². The van der Waals surface area contributed by atoms with Crippen LogP contribution in [0.1, 0.15) is 78.6 Å². The summed E-state index contributed by atoms with van der Waals surface area (Å²) < 4.78 is 0. The highest BCUT2D eigenvalue weighted by Gasteiger charge is 2.53. The lowest BCUT2D eigenvalue weighted by atomic mass is 9.67. The van der Waals surface area contributed by atoms with Crippen LogP contribution in [-0.4, -0.2) is 65.3 Å². The molecule has 3 fully saturated rings. The molecular formula is C23H38N4O4. The molecule has 2 aliphatic heterocycles. The van der Waals surface area contributed by atoms with Gasteiger partial charge in [-0.05, 0) is 49.9 Å². The maximum atomic E-state index is 13.0. The van der Waals surface area contributed by atoms with Gasteiger partial charge in [-0.1, -0.05) is 33.6 Å². The van der Waals surface area contributed by atoms with Gasteiger partial charge in [0, 0.05) is 26.1 Å². The Morgan fingerprint density at radius 1 is 1.06 bits per heavy atom. The zero-order valence-electron chi connectivity index (χ0n) is 19.3. The molecule has 0 aromatic rings. The van der Waals surface area contributed by atoms with E-state index < -0.39 is 17.5 Å². The van der Waals surface area contributed by atoms with Gasteiger partial charge in [-0.3, -0.25) is 19.3 Å². The predicted molar refractivity (Wildman–Crippen MR) is 117 cm³/mol. The zero-order chi connectivity index (χ0) is 22.6. The number of rotatable bonds is 5. The van der Waals surface area contributed by atoms with E-state index in [1.165, 1.54) is 0 Å². The van der Waals surface area contributed by atoms with E-state index in [0.29, 0.717) is 18.8 Å². The van der Waals surface area contributed by atoms with Crippen molar-refractivity contribution in [1.29, 1.82) is 0 Å². The Hall–Kier alpha value is -2.12. The normalized spacial score (nSPS) is 27.3. The lowest BCUT2D eigenvalue weighted by molar-refractivity contribution is -0.136. The first-order valence-electron chi connectivity index (χ1n) is 11.8. The number of carbonyl (C=O) groups is 4. The van der Waals surface area contributed by atoms with Crippen molar-refractivity contribution in [3.05, 3.63) is 0 Å². The number of carbonyl (C=O) groups excluding carboxylic acids is 4. The van der Waals surface area contributed by atoms with Crippen LogP contribution in [0.2, 0.25) is 0 Å². The van der Waals surface area contributed by atoms with Gasteiger partial charge < -0.3 is 15.5 Å². The lowest BCUT2D eigenvalue weighted by Gasteiger charge is -2.40. The molecule has 5 amide bonds. The molecule has 0 unspecified atom stereocenters. The molecule has 8 heteroatoms. The Bertz CT molecular complexity index is 699. The second-order valence-corrected chi connectivity index (χ2v) is 10.4. The van der Waals surface area contributed by atoms with Crippen molar-refractivity contribution in [3.63, 3.8) is 0 Å². The van der Waals surface area contributed by atoms with Gasteiger partial charge in [-0.2, -0.15) is 0 Å². The summed E-state index contributed by atoms with van der Waals surface area (Å²) in [7, 11) is 0. The summed E-state index contributed by atoms with van der Waals surface area (Å²) in [6.45, 7) is 8.11. The topological polar surface area (TPSA) is 98.8 Å². The van der Waals surface area contributed by atoms with Gasteiger partial charge in [0.2, 0.25) is 11.8 Å². The van der Waals surface area contributed by atoms with Gasteiger partial charge in [0.1, 0.15) is 12.1 Å². The number of amides is 5. The molecule has 0 radical (unpaired) electrons. The molecule has 1 spiro atoms. The van der Waals surface area contributed by atoms with Gasteiger partial charge in [0.15, 0.2) is 0 Å². The molecule has 31 heavy (non-hydrogen) atoms. The molecule has 174 valence electrons. The van der Waals surface area contributed by atoms with Crippen LogP contribution < -0.4 is 10.6 Å². The van der Waals surface area contributed by atoms with Crippen LogP contribution >= 0.6 is 0 Å². The minimum Gasteiger partial charge on any atom is -0.354 e. The minimum absolute atomic E-state index is 0.0479. The fourth-order valence-corrected chi connectivity index (χ4v) is 5.12. The maximum Gasteiger partial charge on any atom is 0.325 e. The van der Waals surface area contributed by atoms with Crippen LogP contribution in [0.25, 0.3) is 0 Å². The fourth-order valence-electron chi connectivity index (χ4n) is 5.12. The molecule has 0 aromatic heterocycles. The number of imide groups is 1. The summed E-state index contributed by atoms with van der Waals surface area (Å²) in [6.07, 6.45) is 7.61. The average molecular weight is 435 g/mol. The van der Waals surface area contributed by atoms with E-state index in [4.69, 9.17) is 0 Å². The smallest absolute Gasteiger partial charge is 0.325 e. The monoisotopic (exact) mass is 434 g/mol. The van der Waals surface area contributed by atoms with E-state index in [-0.39, 0.29) is 36.7 Å². The third-order valence-corrected chi connectivity index (χ3v) is 7.23.